The van der Waals surface area contributed by atoms with Crippen LogP contribution < -0.4 is 9.47 Å². The number of fused-ring (bicyclic) bond motifs is 2. The molecule has 5 rings (SSSR count). The fourth-order valence-electron chi connectivity index (χ4n) is 4.34. The maximum Gasteiger partial charge on any atom is 0.194 e. The van der Waals surface area contributed by atoms with Crippen molar-refractivity contribution in [3.8, 4) is 11.5 Å². The molecule has 0 bridgehead atoms. The summed E-state index contributed by atoms with van der Waals surface area (Å²) in [4.78, 5) is 20.6. The van der Waals surface area contributed by atoms with Crippen molar-refractivity contribution in [2.24, 2.45) is 4.99 Å². The van der Waals surface area contributed by atoms with Crippen LogP contribution in [-0.4, -0.2) is 37.1 Å². The molecule has 6 heteroatoms. The first-order chi connectivity index (χ1) is 16.1. The molecule has 0 saturated heterocycles. The van der Waals surface area contributed by atoms with Crippen molar-refractivity contribution < 1.29 is 14.3 Å². The van der Waals surface area contributed by atoms with Crippen LogP contribution in [0.3, 0.4) is 0 Å². The van der Waals surface area contributed by atoms with Crippen LogP contribution in [0.4, 0.5) is 0 Å². The van der Waals surface area contributed by atoms with E-state index in [0.29, 0.717) is 5.56 Å². The number of ether oxygens (including phenoxy) is 2. The van der Waals surface area contributed by atoms with E-state index in [4.69, 9.17) is 14.5 Å². The molecule has 0 spiro atoms. The highest BCUT2D eigenvalue weighted by Crippen LogP contribution is 2.46. The number of Topliss-reactive ketones (excluding diaryl/α,β-unsaturated/α-hetero) is 1. The molecule has 166 valence electrons. The molecule has 3 aromatic rings. The van der Waals surface area contributed by atoms with Crippen LogP contribution in [0.2, 0.25) is 0 Å². The second-order valence-corrected chi connectivity index (χ2v) is 8.90. The SMILES string of the molecule is COc1ccc(CSC2=NC3=C(C(=O)c4ccccc43)C(c3cccc(OC)c3)N2C)cc1. The quantitative estimate of drug-likeness (QED) is 0.501. The second-order valence-electron chi connectivity index (χ2n) is 7.96. The summed E-state index contributed by atoms with van der Waals surface area (Å²) >= 11 is 1.66. The van der Waals surface area contributed by atoms with Gasteiger partial charge in [-0.25, -0.2) is 4.99 Å². The van der Waals surface area contributed by atoms with Crippen molar-refractivity contribution in [2.45, 2.75) is 11.8 Å². The maximum atomic E-state index is 13.5. The minimum absolute atomic E-state index is 0.0447. The van der Waals surface area contributed by atoms with Crippen LogP contribution in [0.15, 0.2) is 83.4 Å². The van der Waals surface area contributed by atoms with Gasteiger partial charge in [0.1, 0.15) is 11.5 Å². The summed E-state index contributed by atoms with van der Waals surface area (Å²) in [5.41, 5.74) is 5.30. The average molecular weight is 457 g/mol. The lowest BCUT2D eigenvalue weighted by Crippen LogP contribution is -2.34. The number of amidine groups is 1. The Kier molecular flexibility index (Phi) is 5.68. The van der Waals surface area contributed by atoms with E-state index in [1.54, 1.807) is 26.0 Å². The number of thioether (sulfide) groups is 1. The van der Waals surface area contributed by atoms with Crippen LogP contribution in [0.5, 0.6) is 11.5 Å². The third-order valence-electron chi connectivity index (χ3n) is 6.03. The van der Waals surface area contributed by atoms with Gasteiger partial charge < -0.3 is 14.4 Å². The van der Waals surface area contributed by atoms with Crippen molar-refractivity contribution in [2.75, 3.05) is 21.3 Å². The van der Waals surface area contributed by atoms with E-state index in [2.05, 4.69) is 17.0 Å². The van der Waals surface area contributed by atoms with E-state index < -0.39 is 0 Å². The normalized spacial score (nSPS) is 16.9. The number of ketones is 1. The second kappa shape index (κ2) is 8.79. The molecule has 0 amide bonds. The first kappa shape index (κ1) is 21.3. The molecule has 5 nitrogen and oxygen atoms in total. The summed E-state index contributed by atoms with van der Waals surface area (Å²) < 4.78 is 10.7. The first-order valence-electron chi connectivity index (χ1n) is 10.7. The largest absolute Gasteiger partial charge is 0.497 e. The lowest BCUT2D eigenvalue weighted by atomic mass is 9.93. The molecule has 0 radical (unpaired) electrons. The molecule has 0 fully saturated rings. The van der Waals surface area contributed by atoms with Gasteiger partial charge in [-0.15, -0.1) is 0 Å². The summed E-state index contributed by atoms with van der Waals surface area (Å²) in [6, 6.07) is 23.5. The van der Waals surface area contributed by atoms with Gasteiger partial charge in [0.05, 0.1) is 31.5 Å². The summed E-state index contributed by atoms with van der Waals surface area (Å²) in [5, 5.41) is 0.877. The lowest BCUT2D eigenvalue weighted by Gasteiger charge is -2.35. The standard InChI is InChI=1S/C27H24N2O3S/c1-29-25(18-7-6-8-20(15-18)32-3)23-24(21-9-4-5-10-22(21)26(23)30)28-27(29)33-16-17-11-13-19(31-2)14-12-17/h4-15,25H,16H2,1-3H3. The third kappa shape index (κ3) is 3.80. The number of carbonyl (C=O) groups is 1. The monoisotopic (exact) mass is 456 g/mol. The van der Waals surface area contributed by atoms with Gasteiger partial charge in [-0.1, -0.05) is 60.3 Å². The number of hydrogen-bond acceptors (Lipinski definition) is 6. The van der Waals surface area contributed by atoms with Gasteiger partial charge >= 0.3 is 0 Å². The Balaban J connectivity index is 1.55. The highest BCUT2D eigenvalue weighted by molar-refractivity contribution is 8.13. The van der Waals surface area contributed by atoms with Crippen molar-refractivity contribution in [3.05, 3.63) is 101 Å². The predicted molar refractivity (Wildman–Crippen MR) is 133 cm³/mol. The molecule has 1 aliphatic heterocycles. The molecule has 3 aromatic carbocycles. The summed E-state index contributed by atoms with van der Waals surface area (Å²) in [5.74, 6) is 2.41. The number of hydrogen-bond donors (Lipinski definition) is 0. The topological polar surface area (TPSA) is 51.1 Å². The van der Waals surface area contributed by atoms with E-state index in [-0.39, 0.29) is 11.8 Å². The minimum Gasteiger partial charge on any atom is -0.497 e. The first-order valence-corrected chi connectivity index (χ1v) is 11.7. The number of nitrogens with zero attached hydrogens (tertiary/aromatic N) is 2. The van der Waals surface area contributed by atoms with Crippen molar-refractivity contribution >= 4 is 28.4 Å². The van der Waals surface area contributed by atoms with Crippen molar-refractivity contribution in [3.63, 3.8) is 0 Å². The molecule has 33 heavy (non-hydrogen) atoms. The van der Waals surface area contributed by atoms with Gasteiger partial charge in [0.15, 0.2) is 11.0 Å². The Morgan fingerprint density at radius 1 is 0.909 bits per heavy atom. The van der Waals surface area contributed by atoms with Gasteiger partial charge in [-0.05, 0) is 35.4 Å². The number of benzene rings is 3. The van der Waals surface area contributed by atoms with Gasteiger partial charge in [0.2, 0.25) is 0 Å². The molecule has 2 aliphatic rings. The van der Waals surface area contributed by atoms with Crippen LogP contribution in [-0.2, 0) is 5.75 Å². The summed E-state index contributed by atoms with van der Waals surface area (Å²) in [7, 11) is 5.33. The average Bonchev–Trinajstić information content (AvgIpc) is 3.14. The third-order valence-corrected chi connectivity index (χ3v) is 7.15. The number of rotatable bonds is 5. The van der Waals surface area contributed by atoms with Gasteiger partial charge in [-0.2, -0.15) is 0 Å². The summed E-state index contributed by atoms with van der Waals surface area (Å²) in [6.07, 6.45) is 0. The lowest BCUT2D eigenvalue weighted by molar-refractivity contribution is 0.102. The summed E-state index contributed by atoms with van der Waals surface area (Å²) in [6.45, 7) is 0. The smallest absolute Gasteiger partial charge is 0.194 e. The molecule has 1 aliphatic carbocycles. The Morgan fingerprint density at radius 2 is 1.64 bits per heavy atom. The van der Waals surface area contributed by atoms with Crippen molar-refractivity contribution in [1.82, 2.24) is 4.90 Å². The molecule has 0 aromatic heterocycles. The van der Waals surface area contributed by atoms with E-state index >= 15 is 0 Å². The number of methoxy groups -OCH3 is 2. The van der Waals surface area contributed by atoms with E-state index in [0.717, 1.165) is 44.8 Å². The molecular weight excluding hydrogens is 432 g/mol. The van der Waals surface area contributed by atoms with E-state index in [1.807, 2.05) is 67.7 Å². The van der Waals surface area contributed by atoms with Gasteiger partial charge in [0.25, 0.3) is 0 Å². The predicted octanol–water partition coefficient (Wildman–Crippen LogP) is 5.59. The van der Waals surface area contributed by atoms with Crippen molar-refractivity contribution in [1.29, 1.82) is 0 Å². The van der Waals surface area contributed by atoms with E-state index in [1.165, 1.54) is 5.56 Å². The Bertz CT molecular complexity index is 1280. The molecule has 1 atom stereocenters. The zero-order valence-corrected chi connectivity index (χ0v) is 19.6. The fourth-order valence-corrected chi connectivity index (χ4v) is 5.30. The number of likely N-dealkylation sites (N-methyl/N-ethyl adjacent to an activating group) is 1. The van der Waals surface area contributed by atoms with Crippen LogP contribution in [0.1, 0.15) is 33.1 Å². The van der Waals surface area contributed by atoms with Gasteiger partial charge in [-0.3, -0.25) is 4.79 Å². The molecule has 1 unspecified atom stereocenters. The minimum atomic E-state index is -0.245. The highest BCUT2D eigenvalue weighted by atomic mass is 32.2. The van der Waals surface area contributed by atoms with Crippen LogP contribution >= 0.6 is 11.8 Å². The highest BCUT2D eigenvalue weighted by Gasteiger charge is 2.41. The fraction of sp³-hybridized carbons (Fsp3) is 0.185. The Morgan fingerprint density at radius 3 is 2.36 bits per heavy atom. The van der Waals surface area contributed by atoms with Gasteiger partial charge in [0, 0.05) is 23.9 Å². The Labute approximate surface area is 197 Å². The zero-order chi connectivity index (χ0) is 22.9. The molecule has 1 heterocycles. The zero-order valence-electron chi connectivity index (χ0n) is 18.7. The van der Waals surface area contributed by atoms with Crippen LogP contribution in [0, 0.1) is 0 Å². The Hall–Kier alpha value is -3.51. The number of aliphatic imine (C=N–C) groups is 1. The maximum absolute atomic E-state index is 13.5. The molecule has 0 N–H and O–H groups in total. The molecule has 0 saturated carbocycles. The number of carbonyl (C=O) groups excluding carboxylic acids is 1. The van der Waals surface area contributed by atoms with Crippen LogP contribution in [0.25, 0.3) is 5.70 Å². The molecular formula is C27H24N2O3S. The van der Waals surface area contributed by atoms with E-state index in [9.17, 15) is 4.79 Å².